The molecule has 3 rings (SSSR count). The van der Waals surface area contributed by atoms with Gasteiger partial charge in [0.05, 0.1) is 24.5 Å². The number of carboxylic acids is 1. The maximum absolute atomic E-state index is 13.4. The molecule has 1 saturated carbocycles. The normalized spacial score (nSPS) is 23.1. The number of hydrogen-bond donors (Lipinski definition) is 1. The highest BCUT2D eigenvalue weighted by Gasteiger charge is 2.53. The molecule has 5 nitrogen and oxygen atoms in total. The molecule has 0 spiro atoms. The Hall–Kier alpha value is -1.95. The number of carboxylic acid groups (broad SMARTS) is 1. The van der Waals surface area contributed by atoms with Crippen molar-refractivity contribution in [1.82, 2.24) is 4.90 Å². The maximum Gasteiger partial charge on any atom is 0.306 e. The van der Waals surface area contributed by atoms with E-state index in [2.05, 4.69) is 0 Å². The van der Waals surface area contributed by atoms with Crippen LogP contribution in [0, 0.1) is 5.82 Å². The average Bonchev–Trinajstić information content (AvgIpc) is 3.28. The first-order valence-corrected chi connectivity index (χ1v) is 7.40. The minimum absolute atomic E-state index is 0.0446. The third kappa shape index (κ3) is 2.83. The molecule has 1 aromatic carbocycles. The fraction of sp³-hybridized carbons (Fsp3) is 0.500. The number of hydrogen-bond acceptors (Lipinski definition) is 3. The SMILES string of the molecule is O=C(O)C[C@H]1CN(C(=O)C2(c3cccc(F)c3)CC2)CCO1. The molecule has 1 heterocycles. The van der Waals surface area contributed by atoms with Gasteiger partial charge in [-0.2, -0.15) is 0 Å². The second-order valence-electron chi connectivity index (χ2n) is 5.93. The number of halogens is 1. The molecule has 1 amide bonds. The van der Waals surface area contributed by atoms with Crippen LogP contribution in [0.4, 0.5) is 4.39 Å². The van der Waals surface area contributed by atoms with Crippen LogP contribution >= 0.6 is 0 Å². The Bertz CT molecular complexity index is 600. The number of aliphatic carboxylic acids is 1. The van der Waals surface area contributed by atoms with E-state index < -0.39 is 17.5 Å². The summed E-state index contributed by atoms with van der Waals surface area (Å²) in [4.78, 5) is 25.3. The fourth-order valence-electron chi connectivity index (χ4n) is 3.06. The minimum atomic E-state index is -0.939. The van der Waals surface area contributed by atoms with Crippen molar-refractivity contribution in [2.75, 3.05) is 19.7 Å². The van der Waals surface area contributed by atoms with E-state index in [1.165, 1.54) is 12.1 Å². The quantitative estimate of drug-likeness (QED) is 0.916. The Kier molecular flexibility index (Phi) is 3.87. The van der Waals surface area contributed by atoms with E-state index >= 15 is 0 Å². The topological polar surface area (TPSA) is 66.8 Å². The smallest absolute Gasteiger partial charge is 0.306 e. The van der Waals surface area contributed by atoms with Crippen molar-refractivity contribution in [3.8, 4) is 0 Å². The van der Waals surface area contributed by atoms with Crippen molar-refractivity contribution in [2.24, 2.45) is 0 Å². The van der Waals surface area contributed by atoms with Gasteiger partial charge in [0.2, 0.25) is 5.91 Å². The zero-order valence-electron chi connectivity index (χ0n) is 12.1. The van der Waals surface area contributed by atoms with Crippen LogP contribution in [-0.4, -0.2) is 47.7 Å². The van der Waals surface area contributed by atoms with Gasteiger partial charge in [-0.1, -0.05) is 12.1 Å². The van der Waals surface area contributed by atoms with Crippen LogP contribution in [0.5, 0.6) is 0 Å². The minimum Gasteiger partial charge on any atom is -0.481 e. The Labute approximate surface area is 127 Å². The summed E-state index contributed by atoms with van der Waals surface area (Å²) in [5, 5.41) is 8.85. The molecule has 22 heavy (non-hydrogen) atoms. The van der Waals surface area contributed by atoms with Crippen molar-refractivity contribution in [3.63, 3.8) is 0 Å². The van der Waals surface area contributed by atoms with Crippen molar-refractivity contribution < 1.29 is 23.8 Å². The average molecular weight is 307 g/mol. The zero-order chi connectivity index (χ0) is 15.7. The Morgan fingerprint density at radius 1 is 1.41 bits per heavy atom. The molecular formula is C16H18FNO4. The van der Waals surface area contributed by atoms with Crippen LogP contribution in [-0.2, 0) is 19.7 Å². The van der Waals surface area contributed by atoms with Gasteiger partial charge in [0, 0.05) is 13.1 Å². The third-order valence-corrected chi connectivity index (χ3v) is 4.36. The highest BCUT2D eigenvalue weighted by Crippen LogP contribution is 2.49. The predicted octanol–water partition coefficient (Wildman–Crippen LogP) is 1.56. The van der Waals surface area contributed by atoms with E-state index in [1.54, 1.807) is 17.0 Å². The number of carbonyl (C=O) groups is 2. The predicted molar refractivity (Wildman–Crippen MR) is 75.9 cm³/mol. The van der Waals surface area contributed by atoms with Gasteiger partial charge in [0.1, 0.15) is 5.82 Å². The molecule has 1 N–H and O–H groups in total. The largest absolute Gasteiger partial charge is 0.481 e. The number of benzene rings is 1. The molecule has 2 aliphatic rings. The van der Waals surface area contributed by atoms with Crippen LogP contribution in [0.25, 0.3) is 0 Å². The van der Waals surface area contributed by atoms with Gasteiger partial charge < -0.3 is 14.7 Å². The van der Waals surface area contributed by atoms with E-state index in [0.29, 0.717) is 31.6 Å². The molecular weight excluding hydrogens is 289 g/mol. The molecule has 1 atom stereocenters. The maximum atomic E-state index is 13.4. The Balaban J connectivity index is 1.74. The van der Waals surface area contributed by atoms with Crippen molar-refractivity contribution in [3.05, 3.63) is 35.6 Å². The lowest BCUT2D eigenvalue weighted by molar-refractivity contribution is -0.149. The van der Waals surface area contributed by atoms with Crippen LogP contribution in [0.1, 0.15) is 24.8 Å². The molecule has 0 bridgehead atoms. The standard InChI is InChI=1S/C16H18FNO4/c17-12-3-1-2-11(8-12)16(4-5-16)15(21)18-6-7-22-13(10-18)9-14(19)20/h1-3,8,13H,4-7,9-10H2,(H,19,20)/t13-/m0/s1. The number of rotatable bonds is 4. The van der Waals surface area contributed by atoms with E-state index in [1.807, 2.05) is 0 Å². The third-order valence-electron chi connectivity index (χ3n) is 4.36. The number of nitrogens with zero attached hydrogens (tertiary/aromatic N) is 1. The second kappa shape index (κ2) is 5.68. The number of morpholine rings is 1. The van der Waals surface area contributed by atoms with Gasteiger partial charge in [-0.3, -0.25) is 9.59 Å². The zero-order valence-corrected chi connectivity index (χ0v) is 12.1. The molecule has 0 unspecified atom stereocenters. The molecule has 1 aromatic rings. The summed E-state index contributed by atoms with van der Waals surface area (Å²) in [6, 6.07) is 6.18. The summed E-state index contributed by atoms with van der Waals surface area (Å²) >= 11 is 0. The van der Waals surface area contributed by atoms with E-state index in [0.717, 1.165) is 0 Å². The first kappa shape index (κ1) is 15.0. The molecule has 0 radical (unpaired) electrons. The van der Waals surface area contributed by atoms with Crippen LogP contribution in [0.15, 0.2) is 24.3 Å². The van der Waals surface area contributed by atoms with Gasteiger partial charge >= 0.3 is 5.97 Å². The highest BCUT2D eigenvalue weighted by atomic mass is 19.1. The van der Waals surface area contributed by atoms with Crippen molar-refractivity contribution >= 4 is 11.9 Å². The summed E-state index contributed by atoms with van der Waals surface area (Å²) < 4.78 is 18.8. The van der Waals surface area contributed by atoms with Crippen molar-refractivity contribution in [2.45, 2.75) is 30.8 Å². The van der Waals surface area contributed by atoms with Gasteiger partial charge in [0.15, 0.2) is 0 Å². The van der Waals surface area contributed by atoms with Crippen molar-refractivity contribution in [1.29, 1.82) is 0 Å². The number of ether oxygens (including phenoxy) is 1. The molecule has 1 aliphatic heterocycles. The van der Waals surface area contributed by atoms with Crippen LogP contribution in [0.2, 0.25) is 0 Å². The van der Waals surface area contributed by atoms with Gasteiger partial charge in [-0.25, -0.2) is 4.39 Å². The van der Waals surface area contributed by atoms with Crippen LogP contribution < -0.4 is 0 Å². The Morgan fingerprint density at radius 3 is 2.82 bits per heavy atom. The van der Waals surface area contributed by atoms with E-state index in [4.69, 9.17) is 9.84 Å². The van der Waals surface area contributed by atoms with E-state index in [-0.39, 0.29) is 24.7 Å². The highest BCUT2D eigenvalue weighted by molar-refractivity contribution is 5.91. The van der Waals surface area contributed by atoms with Gasteiger partial charge in [-0.15, -0.1) is 0 Å². The summed E-state index contributed by atoms with van der Waals surface area (Å²) in [6.07, 6.45) is 0.821. The monoisotopic (exact) mass is 307 g/mol. The summed E-state index contributed by atoms with van der Waals surface area (Å²) in [7, 11) is 0. The number of carbonyl (C=O) groups excluding carboxylic acids is 1. The number of amides is 1. The first-order chi connectivity index (χ1) is 10.5. The molecule has 0 aromatic heterocycles. The lowest BCUT2D eigenvalue weighted by Crippen LogP contribution is -2.49. The van der Waals surface area contributed by atoms with Gasteiger partial charge in [0.25, 0.3) is 0 Å². The summed E-state index contributed by atoms with van der Waals surface area (Å²) in [5.74, 6) is -1.33. The Morgan fingerprint density at radius 2 is 2.18 bits per heavy atom. The van der Waals surface area contributed by atoms with E-state index in [9.17, 15) is 14.0 Å². The molecule has 1 saturated heterocycles. The summed E-state index contributed by atoms with van der Waals surface area (Å²) in [5.41, 5.74) is 0.0755. The van der Waals surface area contributed by atoms with Crippen LogP contribution in [0.3, 0.4) is 0 Å². The molecule has 6 heteroatoms. The molecule has 118 valence electrons. The fourth-order valence-corrected chi connectivity index (χ4v) is 3.06. The molecule has 1 aliphatic carbocycles. The van der Waals surface area contributed by atoms with Gasteiger partial charge in [-0.05, 0) is 30.5 Å². The second-order valence-corrected chi connectivity index (χ2v) is 5.93. The first-order valence-electron chi connectivity index (χ1n) is 7.40. The lowest BCUT2D eigenvalue weighted by Gasteiger charge is -2.35. The lowest BCUT2D eigenvalue weighted by atomic mass is 9.93. The molecule has 2 fully saturated rings. The summed E-state index contributed by atoms with van der Waals surface area (Å²) in [6.45, 7) is 1.07.